The van der Waals surface area contributed by atoms with Gasteiger partial charge >= 0.3 is 0 Å². The summed E-state index contributed by atoms with van der Waals surface area (Å²) < 4.78 is 5.36. The lowest BCUT2D eigenvalue weighted by Gasteiger charge is -2.24. The second-order valence-corrected chi connectivity index (χ2v) is 4.98. The van der Waals surface area contributed by atoms with Crippen LogP contribution in [0.5, 0.6) is 0 Å². The molecule has 2 heterocycles. The molecule has 0 saturated heterocycles. The molecule has 6 nitrogen and oxygen atoms in total. The van der Waals surface area contributed by atoms with Gasteiger partial charge in [0.2, 0.25) is 17.5 Å². The Hall–Kier alpha value is -1.82. The predicted molar refractivity (Wildman–Crippen MR) is 69.1 cm³/mol. The van der Waals surface area contributed by atoms with Gasteiger partial charge in [-0.1, -0.05) is 5.16 Å². The van der Waals surface area contributed by atoms with Crippen molar-refractivity contribution in [3.05, 3.63) is 24.4 Å². The molecule has 19 heavy (non-hydrogen) atoms. The van der Waals surface area contributed by atoms with E-state index in [1.54, 1.807) is 18.5 Å². The lowest BCUT2D eigenvalue weighted by atomic mass is 9.82. The minimum atomic E-state index is 0.354. The van der Waals surface area contributed by atoms with Crippen molar-refractivity contribution in [1.29, 1.82) is 0 Å². The van der Waals surface area contributed by atoms with Crippen LogP contribution in [-0.4, -0.2) is 26.7 Å². The van der Waals surface area contributed by atoms with Gasteiger partial charge in [0.25, 0.3) is 0 Å². The zero-order valence-corrected chi connectivity index (χ0v) is 10.7. The summed E-state index contributed by atoms with van der Waals surface area (Å²) in [6.07, 6.45) is 7.76. The minimum absolute atomic E-state index is 0.354. The van der Waals surface area contributed by atoms with Gasteiger partial charge in [-0.05, 0) is 44.2 Å². The summed E-state index contributed by atoms with van der Waals surface area (Å²) in [6.45, 7) is 0.777. The van der Waals surface area contributed by atoms with Crippen LogP contribution in [0.15, 0.2) is 23.0 Å². The molecule has 1 fully saturated rings. The maximum absolute atomic E-state index is 5.70. The zero-order chi connectivity index (χ0) is 13.1. The monoisotopic (exact) mass is 259 g/mol. The van der Waals surface area contributed by atoms with Gasteiger partial charge in [-0.15, -0.1) is 0 Å². The van der Waals surface area contributed by atoms with Crippen LogP contribution in [0.3, 0.4) is 0 Å². The molecule has 0 unspecified atom stereocenters. The molecule has 0 spiro atoms. The standard InChI is InChI=1S/C13H17N5O/c14-8-9-2-4-10(5-3-9)13-17-12(18-19-13)11-15-6-1-7-16-11/h1,6-7,9-10H,2-5,8,14H2. The van der Waals surface area contributed by atoms with Crippen LogP contribution >= 0.6 is 0 Å². The Labute approximate surface area is 111 Å². The Bertz CT molecular complexity index is 519. The molecule has 0 aromatic carbocycles. The van der Waals surface area contributed by atoms with Gasteiger partial charge in [0.05, 0.1) is 0 Å². The van der Waals surface area contributed by atoms with Gasteiger partial charge in [0.15, 0.2) is 0 Å². The van der Waals surface area contributed by atoms with Crippen LogP contribution in [0.1, 0.15) is 37.5 Å². The van der Waals surface area contributed by atoms with Crippen molar-refractivity contribution in [3.63, 3.8) is 0 Å². The first-order valence-corrected chi connectivity index (χ1v) is 6.68. The second-order valence-electron chi connectivity index (χ2n) is 4.98. The van der Waals surface area contributed by atoms with Crippen molar-refractivity contribution >= 4 is 0 Å². The lowest BCUT2D eigenvalue weighted by molar-refractivity contribution is 0.275. The molecule has 100 valence electrons. The summed E-state index contributed by atoms with van der Waals surface area (Å²) in [5.41, 5.74) is 5.70. The molecule has 2 aromatic rings. The number of hydrogen-bond donors (Lipinski definition) is 1. The van der Waals surface area contributed by atoms with E-state index in [-0.39, 0.29) is 0 Å². The summed E-state index contributed by atoms with van der Waals surface area (Å²) in [7, 11) is 0. The number of aromatic nitrogens is 4. The van der Waals surface area contributed by atoms with Gasteiger partial charge in [0, 0.05) is 18.3 Å². The van der Waals surface area contributed by atoms with Crippen molar-refractivity contribution < 1.29 is 4.52 Å². The lowest BCUT2D eigenvalue weighted by Crippen LogP contribution is -2.20. The number of nitrogens with zero attached hydrogens (tertiary/aromatic N) is 4. The van der Waals surface area contributed by atoms with Crippen molar-refractivity contribution in [3.8, 4) is 11.6 Å². The Kier molecular flexibility index (Phi) is 3.50. The molecule has 6 heteroatoms. The number of nitrogens with two attached hydrogens (primary N) is 1. The Balaban J connectivity index is 1.72. The average Bonchev–Trinajstić information content (AvgIpc) is 2.98. The van der Waals surface area contributed by atoms with Crippen LogP contribution in [0.25, 0.3) is 11.6 Å². The van der Waals surface area contributed by atoms with E-state index in [0.717, 1.165) is 32.2 Å². The molecule has 0 radical (unpaired) electrons. The molecule has 2 aromatic heterocycles. The van der Waals surface area contributed by atoms with E-state index in [4.69, 9.17) is 10.3 Å². The highest BCUT2D eigenvalue weighted by Gasteiger charge is 2.26. The molecule has 1 saturated carbocycles. The van der Waals surface area contributed by atoms with Crippen LogP contribution in [0, 0.1) is 5.92 Å². The summed E-state index contributed by atoms with van der Waals surface area (Å²) in [4.78, 5) is 12.7. The molecule has 0 bridgehead atoms. The Morgan fingerprint density at radius 3 is 2.53 bits per heavy atom. The van der Waals surface area contributed by atoms with Crippen molar-refractivity contribution in [2.24, 2.45) is 11.7 Å². The first kappa shape index (κ1) is 12.2. The van der Waals surface area contributed by atoms with Crippen LogP contribution < -0.4 is 5.73 Å². The first-order valence-electron chi connectivity index (χ1n) is 6.68. The quantitative estimate of drug-likeness (QED) is 0.903. The number of rotatable bonds is 3. The van der Waals surface area contributed by atoms with Crippen molar-refractivity contribution in [1.82, 2.24) is 20.1 Å². The average molecular weight is 259 g/mol. The molecule has 0 aliphatic heterocycles. The van der Waals surface area contributed by atoms with Crippen LogP contribution in [0.4, 0.5) is 0 Å². The molecule has 3 rings (SSSR count). The van der Waals surface area contributed by atoms with Gasteiger partial charge in [-0.3, -0.25) is 0 Å². The van der Waals surface area contributed by atoms with Gasteiger partial charge < -0.3 is 10.3 Å². The summed E-state index contributed by atoms with van der Waals surface area (Å²) in [6, 6.07) is 1.76. The fourth-order valence-electron chi connectivity index (χ4n) is 2.55. The smallest absolute Gasteiger partial charge is 0.240 e. The SMILES string of the molecule is NCC1CCC(c2nc(-c3ncccn3)no2)CC1. The van der Waals surface area contributed by atoms with E-state index < -0.39 is 0 Å². The summed E-state index contributed by atoms with van der Waals surface area (Å²) in [5, 5.41) is 3.97. The molecule has 0 atom stereocenters. The molecule has 1 aliphatic carbocycles. The summed E-state index contributed by atoms with van der Waals surface area (Å²) in [5.74, 6) is 2.69. The predicted octanol–water partition coefficient (Wildman–Crippen LogP) is 1.76. The van der Waals surface area contributed by atoms with E-state index in [0.29, 0.717) is 29.4 Å². The molecular formula is C13H17N5O. The maximum atomic E-state index is 5.70. The van der Waals surface area contributed by atoms with Gasteiger partial charge in [-0.2, -0.15) is 4.98 Å². The Morgan fingerprint density at radius 1 is 1.11 bits per heavy atom. The molecular weight excluding hydrogens is 242 g/mol. The van der Waals surface area contributed by atoms with Crippen LogP contribution in [-0.2, 0) is 0 Å². The van der Waals surface area contributed by atoms with E-state index >= 15 is 0 Å². The van der Waals surface area contributed by atoms with Gasteiger partial charge in [0.1, 0.15) is 0 Å². The fourth-order valence-corrected chi connectivity index (χ4v) is 2.55. The highest BCUT2D eigenvalue weighted by molar-refractivity contribution is 5.40. The third-order valence-corrected chi connectivity index (χ3v) is 3.74. The van der Waals surface area contributed by atoms with E-state index in [2.05, 4.69) is 20.1 Å². The summed E-state index contributed by atoms with van der Waals surface area (Å²) >= 11 is 0. The largest absolute Gasteiger partial charge is 0.339 e. The van der Waals surface area contributed by atoms with E-state index in [1.807, 2.05) is 0 Å². The van der Waals surface area contributed by atoms with Crippen molar-refractivity contribution in [2.75, 3.05) is 6.54 Å². The maximum Gasteiger partial charge on any atom is 0.240 e. The fraction of sp³-hybridized carbons (Fsp3) is 0.538. The van der Waals surface area contributed by atoms with Crippen molar-refractivity contribution in [2.45, 2.75) is 31.6 Å². The highest BCUT2D eigenvalue weighted by Crippen LogP contribution is 2.34. The third kappa shape index (κ3) is 2.63. The van der Waals surface area contributed by atoms with Gasteiger partial charge in [-0.25, -0.2) is 9.97 Å². The Morgan fingerprint density at radius 2 is 1.84 bits per heavy atom. The first-order chi connectivity index (χ1) is 9.36. The minimum Gasteiger partial charge on any atom is -0.339 e. The normalized spacial score (nSPS) is 23.4. The third-order valence-electron chi connectivity index (χ3n) is 3.74. The van der Waals surface area contributed by atoms with E-state index in [9.17, 15) is 0 Å². The van der Waals surface area contributed by atoms with E-state index in [1.165, 1.54) is 0 Å². The highest BCUT2D eigenvalue weighted by atomic mass is 16.5. The number of hydrogen-bond acceptors (Lipinski definition) is 6. The molecule has 1 aliphatic rings. The second kappa shape index (κ2) is 5.44. The topological polar surface area (TPSA) is 90.7 Å². The zero-order valence-electron chi connectivity index (χ0n) is 10.7. The van der Waals surface area contributed by atoms with Crippen LogP contribution in [0.2, 0.25) is 0 Å². The molecule has 2 N–H and O–H groups in total. The molecule has 0 amide bonds.